The smallest absolute Gasteiger partial charge is 0.0615 e. The Morgan fingerprint density at radius 1 is 1.30 bits per heavy atom. The lowest BCUT2D eigenvalue weighted by Gasteiger charge is -2.06. The van der Waals surface area contributed by atoms with Gasteiger partial charge in [0.1, 0.15) is 0 Å². The van der Waals surface area contributed by atoms with E-state index in [4.69, 9.17) is 16.7 Å². The van der Waals surface area contributed by atoms with Crippen molar-refractivity contribution in [1.82, 2.24) is 0 Å². The minimum atomic E-state index is 0.0683. The SMILES string of the molecule is C#C.C/C=C(\C=C/CO)Cc1cc(C)ccc1Cl.CC. The molecule has 0 fully saturated rings. The topological polar surface area (TPSA) is 20.2 Å². The van der Waals surface area contributed by atoms with Crippen LogP contribution < -0.4 is 0 Å². The fourth-order valence-electron chi connectivity index (χ4n) is 1.52. The van der Waals surface area contributed by atoms with Gasteiger partial charge in [0.25, 0.3) is 0 Å². The number of aliphatic hydroxyl groups excluding tert-OH is 1. The Balaban J connectivity index is 0. The van der Waals surface area contributed by atoms with Crippen LogP contribution in [0.3, 0.4) is 0 Å². The molecule has 0 saturated carbocycles. The molecular formula is C18H25ClO. The monoisotopic (exact) mass is 292 g/mol. The van der Waals surface area contributed by atoms with Crippen molar-refractivity contribution in [2.75, 3.05) is 6.61 Å². The lowest BCUT2D eigenvalue weighted by Crippen LogP contribution is -1.91. The Hall–Kier alpha value is -1.49. The van der Waals surface area contributed by atoms with Gasteiger partial charge in [0.05, 0.1) is 6.61 Å². The van der Waals surface area contributed by atoms with Gasteiger partial charge in [0.15, 0.2) is 0 Å². The molecule has 0 aliphatic heterocycles. The molecule has 0 saturated heterocycles. The number of allylic oxidation sites excluding steroid dienone is 3. The molecule has 2 heteroatoms. The second kappa shape index (κ2) is 13.9. The zero-order chi connectivity index (χ0) is 16.0. The number of hydrogen-bond acceptors (Lipinski definition) is 1. The van der Waals surface area contributed by atoms with Gasteiger partial charge in [-0.1, -0.05) is 61.4 Å². The van der Waals surface area contributed by atoms with E-state index in [0.29, 0.717) is 0 Å². The minimum Gasteiger partial charge on any atom is -0.392 e. The predicted molar refractivity (Wildman–Crippen MR) is 91.1 cm³/mol. The largest absolute Gasteiger partial charge is 0.392 e. The van der Waals surface area contributed by atoms with Crippen molar-refractivity contribution in [2.24, 2.45) is 0 Å². The highest BCUT2D eigenvalue weighted by atomic mass is 35.5. The highest BCUT2D eigenvalue weighted by Gasteiger charge is 2.02. The van der Waals surface area contributed by atoms with E-state index < -0.39 is 0 Å². The molecule has 0 spiro atoms. The summed E-state index contributed by atoms with van der Waals surface area (Å²) in [5.74, 6) is 0. The number of aliphatic hydroxyl groups is 1. The van der Waals surface area contributed by atoms with Crippen molar-refractivity contribution >= 4 is 11.6 Å². The van der Waals surface area contributed by atoms with Gasteiger partial charge in [0.2, 0.25) is 0 Å². The number of rotatable bonds is 4. The summed E-state index contributed by atoms with van der Waals surface area (Å²) in [6.45, 7) is 8.11. The third-order valence-electron chi connectivity index (χ3n) is 2.40. The number of aryl methyl sites for hydroxylation is 1. The van der Waals surface area contributed by atoms with E-state index in [1.165, 1.54) is 5.56 Å². The van der Waals surface area contributed by atoms with Gasteiger partial charge in [0, 0.05) is 5.02 Å². The molecule has 0 heterocycles. The molecule has 0 aliphatic carbocycles. The third-order valence-corrected chi connectivity index (χ3v) is 2.77. The van der Waals surface area contributed by atoms with Crippen LogP contribution in [0.2, 0.25) is 5.02 Å². The second-order valence-corrected chi connectivity index (χ2v) is 4.13. The average molecular weight is 293 g/mol. The summed E-state index contributed by atoms with van der Waals surface area (Å²) in [5, 5.41) is 9.53. The molecule has 110 valence electrons. The standard InChI is InChI=1S/C14H17ClO.C2H6.C2H2/c1-3-12(5-4-8-16)10-13-9-11(2)6-7-14(13)15;2*1-2/h3-7,9,16H,8,10H2,1-2H3;1-2H3;1-2H/b5-4-,12-3+;;. The summed E-state index contributed by atoms with van der Waals surface area (Å²) in [4.78, 5) is 0. The molecule has 1 nitrogen and oxygen atoms in total. The van der Waals surface area contributed by atoms with Gasteiger partial charge in [-0.25, -0.2) is 0 Å². The highest BCUT2D eigenvalue weighted by Crippen LogP contribution is 2.20. The van der Waals surface area contributed by atoms with Crippen LogP contribution in [0.5, 0.6) is 0 Å². The lowest BCUT2D eigenvalue weighted by atomic mass is 10.0. The number of halogens is 1. The lowest BCUT2D eigenvalue weighted by molar-refractivity contribution is 0.342. The molecule has 0 unspecified atom stereocenters. The van der Waals surface area contributed by atoms with E-state index in [9.17, 15) is 0 Å². The molecule has 1 aromatic rings. The van der Waals surface area contributed by atoms with Crippen molar-refractivity contribution in [3.8, 4) is 12.8 Å². The Kier molecular flexibility index (Phi) is 14.5. The number of terminal acetylenes is 1. The summed E-state index contributed by atoms with van der Waals surface area (Å²) >= 11 is 6.13. The molecule has 0 bridgehead atoms. The van der Waals surface area contributed by atoms with Gasteiger partial charge in [-0.05, 0) is 37.5 Å². The average Bonchev–Trinajstić information content (AvgIpc) is 2.51. The summed E-state index contributed by atoms with van der Waals surface area (Å²) in [6, 6.07) is 6.03. The zero-order valence-electron chi connectivity index (χ0n) is 12.9. The molecular weight excluding hydrogens is 268 g/mol. The van der Waals surface area contributed by atoms with Crippen LogP contribution in [0.4, 0.5) is 0 Å². The fourth-order valence-corrected chi connectivity index (χ4v) is 1.70. The van der Waals surface area contributed by atoms with E-state index >= 15 is 0 Å². The summed E-state index contributed by atoms with van der Waals surface area (Å²) in [5.41, 5.74) is 3.49. The van der Waals surface area contributed by atoms with E-state index in [-0.39, 0.29) is 6.61 Å². The van der Waals surface area contributed by atoms with E-state index in [1.54, 1.807) is 6.08 Å². The minimum absolute atomic E-state index is 0.0683. The zero-order valence-corrected chi connectivity index (χ0v) is 13.6. The van der Waals surface area contributed by atoms with Crippen molar-refractivity contribution in [3.05, 3.63) is 58.1 Å². The Labute approximate surface area is 129 Å². The molecule has 0 aromatic heterocycles. The molecule has 0 atom stereocenters. The van der Waals surface area contributed by atoms with Crippen LogP contribution in [-0.4, -0.2) is 11.7 Å². The molecule has 0 amide bonds. The first-order valence-electron chi connectivity index (χ1n) is 6.68. The first kappa shape index (κ1) is 20.8. The predicted octanol–water partition coefficient (Wildman–Crippen LogP) is 4.96. The van der Waals surface area contributed by atoms with Crippen LogP contribution in [0.1, 0.15) is 31.9 Å². The Morgan fingerprint density at radius 3 is 2.40 bits per heavy atom. The van der Waals surface area contributed by atoms with E-state index in [1.807, 2.05) is 45.1 Å². The number of benzene rings is 1. The summed E-state index contributed by atoms with van der Waals surface area (Å²) in [6.07, 6.45) is 14.5. The fraction of sp³-hybridized carbons (Fsp3) is 0.333. The van der Waals surface area contributed by atoms with Gasteiger partial charge in [-0.3, -0.25) is 0 Å². The quantitative estimate of drug-likeness (QED) is 0.614. The molecule has 1 rings (SSSR count). The van der Waals surface area contributed by atoms with Gasteiger partial charge >= 0.3 is 0 Å². The normalized spacial score (nSPS) is 10.3. The first-order chi connectivity index (χ1) is 9.67. The molecule has 1 aromatic carbocycles. The molecule has 1 N–H and O–H groups in total. The summed E-state index contributed by atoms with van der Waals surface area (Å²) < 4.78 is 0. The van der Waals surface area contributed by atoms with Crippen molar-refractivity contribution in [3.63, 3.8) is 0 Å². The summed E-state index contributed by atoms with van der Waals surface area (Å²) in [7, 11) is 0. The van der Waals surface area contributed by atoms with Crippen LogP contribution >= 0.6 is 11.6 Å². The highest BCUT2D eigenvalue weighted by molar-refractivity contribution is 6.31. The van der Waals surface area contributed by atoms with Gasteiger partial charge < -0.3 is 5.11 Å². The number of hydrogen-bond donors (Lipinski definition) is 1. The van der Waals surface area contributed by atoms with Crippen LogP contribution in [-0.2, 0) is 6.42 Å². The first-order valence-corrected chi connectivity index (χ1v) is 7.06. The molecule has 0 aliphatic rings. The maximum Gasteiger partial charge on any atom is 0.0615 e. The molecule has 0 radical (unpaired) electrons. The maximum atomic E-state index is 8.74. The molecule has 20 heavy (non-hydrogen) atoms. The Bertz CT molecular complexity index is 442. The van der Waals surface area contributed by atoms with Crippen LogP contribution in [0.25, 0.3) is 0 Å². The van der Waals surface area contributed by atoms with Gasteiger partial charge in [-0.2, -0.15) is 0 Å². The Morgan fingerprint density at radius 2 is 1.90 bits per heavy atom. The van der Waals surface area contributed by atoms with E-state index in [2.05, 4.69) is 25.8 Å². The van der Waals surface area contributed by atoms with Crippen LogP contribution in [0.15, 0.2) is 42.0 Å². The third kappa shape index (κ3) is 8.58. The van der Waals surface area contributed by atoms with Crippen molar-refractivity contribution in [1.29, 1.82) is 0 Å². The van der Waals surface area contributed by atoms with Crippen molar-refractivity contribution < 1.29 is 5.11 Å². The van der Waals surface area contributed by atoms with E-state index in [0.717, 1.165) is 22.6 Å². The van der Waals surface area contributed by atoms with Gasteiger partial charge in [-0.15, -0.1) is 12.8 Å². The van der Waals surface area contributed by atoms with Crippen LogP contribution in [0, 0.1) is 19.8 Å². The van der Waals surface area contributed by atoms with Crippen molar-refractivity contribution in [2.45, 2.75) is 34.1 Å². The maximum absolute atomic E-state index is 8.74. The second-order valence-electron chi connectivity index (χ2n) is 3.72.